The molecular formula is C18H22N2O3S2. The molecule has 1 aliphatic rings. The summed E-state index contributed by atoms with van der Waals surface area (Å²) >= 11 is 1.35. The van der Waals surface area contributed by atoms with Crippen LogP contribution in [0.4, 0.5) is 5.00 Å². The first-order valence-corrected chi connectivity index (χ1v) is 10.7. The highest BCUT2D eigenvalue weighted by atomic mass is 32.2. The summed E-state index contributed by atoms with van der Waals surface area (Å²) in [6.07, 6.45) is 5.97. The van der Waals surface area contributed by atoms with E-state index in [1.807, 2.05) is 6.92 Å². The number of carbonyl (C=O) groups excluding carboxylic acids is 1. The Balaban J connectivity index is 2.00. The fraction of sp³-hybridized carbons (Fsp3) is 0.389. The second kappa shape index (κ2) is 7.17. The SMILES string of the molecule is Cc1ccc(S(=O)(=O)Nc2sc3c(c2C(N)=O)CCCCCC3)cc1. The van der Waals surface area contributed by atoms with Crippen LogP contribution in [0.5, 0.6) is 0 Å². The number of fused-ring (bicyclic) bond motifs is 1. The van der Waals surface area contributed by atoms with Crippen molar-refractivity contribution in [1.29, 1.82) is 0 Å². The number of sulfonamides is 1. The Morgan fingerprint density at radius 3 is 2.36 bits per heavy atom. The number of carbonyl (C=O) groups is 1. The molecule has 7 heteroatoms. The van der Waals surface area contributed by atoms with E-state index in [0.717, 1.165) is 54.5 Å². The van der Waals surface area contributed by atoms with Gasteiger partial charge in [-0.2, -0.15) is 0 Å². The van der Waals surface area contributed by atoms with E-state index in [4.69, 9.17) is 5.73 Å². The van der Waals surface area contributed by atoms with Crippen LogP contribution in [0.25, 0.3) is 0 Å². The third-order valence-electron chi connectivity index (χ3n) is 4.48. The number of hydrogen-bond acceptors (Lipinski definition) is 4. The van der Waals surface area contributed by atoms with Crippen molar-refractivity contribution >= 4 is 32.3 Å². The predicted molar refractivity (Wildman–Crippen MR) is 101 cm³/mol. The predicted octanol–water partition coefficient (Wildman–Crippen LogP) is 3.62. The number of amides is 1. The van der Waals surface area contributed by atoms with Gasteiger partial charge in [0.2, 0.25) is 0 Å². The Morgan fingerprint density at radius 2 is 1.72 bits per heavy atom. The van der Waals surface area contributed by atoms with E-state index in [1.165, 1.54) is 11.3 Å². The maximum absolute atomic E-state index is 12.7. The molecule has 0 fully saturated rings. The van der Waals surface area contributed by atoms with Crippen LogP contribution in [0.3, 0.4) is 0 Å². The normalized spacial score (nSPS) is 15.1. The summed E-state index contributed by atoms with van der Waals surface area (Å²) in [6.45, 7) is 1.90. The molecule has 1 amide bonds. The lowest BCUT2D eigenvalue weighted by Crippen LogP contribution is -2.18. The summed E-state index contributed by atoms with van der Waals surface area (Å²) in [4.78, 5) is 13.3. The maximum atomic E-state index is 12.7. The summed E-state index contributed by atoms with van der Waals surface area (Å²) in [7, 11) is -3.75. The number of anilines is 1. The molecule has 1 aliphatic carbocycles. The first-order chi connectivity index (χ1) is 11.9. The van der Waals surface area contributed by atoms with Gasteiger partial charge in [0.05, 0.1) is 10.5 Å². The van der Waals surface area contributed by atoms with Crippen molar-refractivity contribution in [2.75, 3.05) is 4.72 Å². The average molecular weight is 379 g/mol. The van der Waals surface area contributed by atoms with E-state index >= 15 is 0 Å². The summed E-state index contributed by atoms with van der Waals surface area (Å²) in [5.74, 6) is -0.570. The number of benzene rings is 1. The first-order valence-electron chi connectivity index (χ1n) is 8.42. The first kappa shape index (κ1) is 17.9. The van der Waals surface area contributed by atoms with Gasteiger partial charge in [0.15, 0.2) is 0 Å². The molecule has 0 saturated carbocycles. The molecule has 0 aliphatic heterocycles. The molecule has 25 heavy (non-hydrogen) atoms. The minimum Gasteiger partial charge on any atom is -0.365 e. The maximum Gasteiger partial charge on any atom is 0.262 e. The molecule has 0 spiro atoms. The van der Waals surface area contributed by atoms with E-state index < -0.39 is 15.9 Å². The van der Waals surface area contributed by atoms with E-state index in [-0.39, 0.29) is 4.90 Å². The van der Waals surface area contributed by atoms with Crippen LogP contribution < -0.4 is 10.5 Å². The van der Waals surface area contributed by atoms with Crippen molar-refractivity contribution in [2.24, 2.45) is 5.73 Å². The zero-order valence-corrected chi connectivity index (χ0v) is 15.8. The van der Waals surface area contributed by atoms with Crippen LogP contribution in [0.2, 0.25) is 0 Å². The summed E-state index contributed by atoms with van der Waals surface area (Å²) < 4.78 is 28.0. The number of thiophene rings is 1. The van der Waals surface area contributed by atoms with Gasteiger partial charge in [-0.1, -0.05) is 30.5 Å². The average Bonchev–Trinajstić information content (AvgIpc) is 2.84. The van der Waals surface area contributed by atoms with Crippen LogP contribution in [0, 0.1) is 6.92 Å². The van der Waals surface area contributed by atoms with Gasteiger partial charge in [-0.3, -0.25) is 9.52 Å². The highest BCUT2D eigenvalue weighted by Crippen LogP contribution is 2.37. The molecule has 0 radical (unpaired) electrons. The second-order valence-electron chi connectivity index (χ2n) is 6.40. The van der Waals surface area contributed by atoms with Crippen molar-refractivity contribution < 1.29 is 13.2 Å². The molecular weight excluding hydrogens is 356 g/mol. The molecule has 5 nitrogen and oxygen atoms in total. The number of nitrogens with one attached hydrogen (secondary N) is 1. The molecule has 2 aromatic rings. The standard InChI is InChI=1S/C18H22N2O3S2/c1-12-8-10-13(11-9-12)25(22,23)20-18-16(17(19)21)14-6-4-2-3-5-7-15(14)24-18/h8-11,20H,2-7H2,1H3,(H2,19,21). The Morgan fingerprint density at radius 1 is 1.08 bits per heavy atom. The van der Waals surface area contributed by atoms with Gasteiger partial charge < -0.3 is 5.73 Å². The fourth-order valence-corrected chi connectivity index (χ4v) is 5.75. The molecule has 3 rings (SSSR count). The van der Waals surface area contributed by atoms with Gasteiger partial charge in [-0.05, 0) is 50.3 Å². The number of hydrogen-bond donors (Lipinski definition) is 2. The minimum atomic E-state index is -3.75. The van der Waals surface area contributed by atoms with Crippen LogP contribution >= 0.6 is 11.3 Å². The zero-order chi connectivity index (χ0) is 18.0. The highest BCUT2D eigenvalue weighted by Gasteiger charge is 2.26. The summed E-state index contributed by atoms with van der Waals surface area (Å²) in [5, 5.41) is 0.347. The van der Waals surface area contributed by atoms with E-state index in [2.05, 4.69) is 4.72 Å². The van der Waals surface area contributed by atoms with Crippen LogP contribution in [-0.2, 0) is 22.9 Å². The van der Waals surface area contributed by atoms with Crippen molar-refractivity contribution in [3.8, 4) is 0 Å². The molecule has 1 aromatic carbocycles. The molecule has 134 valence electrons. The third-order valence-corrected chi connectivity index (χ3v) is 7.18. The van der Waals surface area contributed by atoms with Gasteiger partial charge in [0.1, 0.15) is 5.00 Å². The largest absolute Gasteiger partial charge is 0.365 e. The quantitative estimate of drug-likeness (QED) is 0.851. The molecule has 0 bridgehead atoms. The van der Waals surface area contributed by atoms with Gasteiger partial charge in [0.25, 0.3) is 15.9 Å². The second-order valence-corrected chi connectivity index (χ2v) is 9.19. The van der Waals surface area contributed by atoms with Gasteiger partial charge in [-0.15, -0.1) is 11.3 Å². The smallest absolute Gasteiger partial charge is 0.262 e. The number of aryl methyl sites for hydroxylation is 2. The van der Waals surface area contributed by atoms with Crippen LogP contribution in [-0.4, -0.2) is 14.3 Å². The third kappa shape index (κ3) is 3.88. The lowest BCUT2D eigenvalue weighted by Gasteiger charge is -2.10. The Bertz CT molecular complexity index is 884. The number of rotatable bonds is 4. The topological polar surface area (TPSA) is 89.3 Å². The molecule has 3 N–H and O–H groups in total. The lowest BCUT2D eigenvalue weighted by molar-refractivity contribution is 0.100. The Kier molecular flexibility index (Phi) is 5.15. The molecule has 0 unspecified atom stereocenters. The van der Waals surface area contributed by atoms with Crippen molar-refractivity contribution in [3.63, 3.8) is 0 Å². The van der Waals surface area contributed by atoms with Crippen molar-refractivity contribution in [1.82, 2.24) is 0 Å². The number of primary amides is 1. The fourth-order valence-electron chi connectivity index (χ4n) is 3.15. The Labute approximate surface area is 152 Å². The summed E-state index contributed by atoms with van der Waals surface area (Å²) in [6, 6.07) is 6.62. The lowest BCUT2D eigenvalue weighted by atomic mass is 9.96. The monoisotopic (exact) mass is 378 g/mol. The molecule has 1 aromatic heterocycles. The Hall–Kier alpha value is -1.86. The van der Waals surface area contributed by atoms with Crippen molar-refractivity contribution in [2.45, 2.75) is 50.3 Å². The van der Waals surface area contributed by atoms with Crippen LogP contribution in [0.15, 0.2) is 29.2 Å². The van der Waals surface area contributed by atoms with Gasteiger partial charge >= 0.3 is 0 Å². The van der Waals surface area contributed by atoms with E-state index in [0.29, 0.717) is 10.6 Å². The van der Waals surface area contributed by atoms with Gasteiger partial charge in [-0.25, -0.2) is 8.42 Å². The highest BCUT2D eigenvalue weighted by molar-refractivity contribution is 7.93. The van der Waals surface area contributed by atoms with E-state index in [1.54, 1.807) is 24.3 Å². The molecule has 0 atom stereocenters. The van der Waals surface area contributed by atoms with Crippen LogP contribution in [0.1, 0.15) is 52.0 Å². The number of nitrogens with two attached hydrogens (primary N) is 1. The molecule has 1 heterocycles. The zero-order valence-electron chi connectivity index (χ0n) is 14.2. The van der Waals surface area contributed by atoms with E-state index in [9.17, 15) is 13.2 Å². The van der Waals surface area contributed by atoms with Gasteiger partial charge in [0, 0.05) is 4.88 Å². The minimum absolute atomic E-state index is 0.175. The van der Waals surface area contributed by atoms with Crippen molar-refractivity contribution in [3.05, 3.63) is 45.8 Å². The molecule has 0 saturated heterocycles. The summed E-state index contributed by atoms with van der Waals surface area (Å²) in [5.41, 5.74) is 7.84.